The van der Waals surface area contributed by atoms with E-state index >= 15 is 0 Å². The number of urea groups is 1. The number of ether oxygens (including phenoxy) is 1. The molecule has 1 N–H and O–H groups in total. The van der Waals surface area contributed by atoms with E-state index in [-0.39, 0.29) is 6.03 Å². The normalized spacial score (nSPS) is 13.6. The van der Waals surface area contributed by atoms with Crippen LogP contribution in [-0.4, -0.2) is 35.8 Å². The first kappa shape index (κ1) is 17.6. The van der Waals surface area contributed by atoms with Gasteiger partial charge in [-0.3, -0.25) is 0 Å². The number of nitrogens with zero attached hydrogens (tertiary/aromatic N) is 2. The second-order valence-corrected chi connectivity index (χ2v) is 6.97. The number of methoxy groups -OCH3 is 1. The standard InChI is InChI=1S/C22H25N3O2/c1-27-13-12-24-15-19-10-11-25(16-18-8-5-9-20(24)21(18)19)22(26)23-14-17-6-3-2-4-7-17/h2-9,15H,10-14,16H2,1H3,(H,23,26). The first-order valence-electron chi connectivity index (χ1n) is 9.41. The molecule has 1 aromatic heterocycles. The summed E-state index contributed by atoms with van der Waals surface area (Å²) >= 11 is 0. The third-order valence-electron chi connectivity index (χ3n) is 5.19. The quantitative estimate of drug-likeness (QED) is 0.753. The molecule has 0 saturated carbocycles. The molecule has 27 heavy (non-hydrogen) atoms. The molecule has 2 heterocycles. The fraction of sp³-hybridized carbons (Fsp3) is 0.318. The zero-order valence-corrected chi connectivity index (χ0v) is 15.6. The van der Waals surface area contributed by atoms with Crippen LogP contribution in [0, 0.1) is 0 Å². The van der Waals surface area contributed by atoms with Gasteiger partial charge in [0.2, 0.25) is 0 Å². The Balaban J connectivity index is 1.51. The first-order chi connectivity index (χ1) is 13.3. The Hall–Kier alpha value is -2.79. The first-order valence-corrected chi connectivity index (χ1v) is 9.41. The van der Waals surface area contributed by atoms with Gasteiger partial charge in [-0.05, 0) is 29.2 Å². The van der Waals surface area contributed by atoms with E-state index in [1.165, 1.54) is 22.0 Å². The summed E-state index contributed by atoms with van der Waals surface area (Å²) in [7, 11) is 1.73. The summed E-state index contributed by atoms with van der Waals surface area (Å²) in [5.41, 5.74) is 4.87. The lowest BCUT2D eigenvalue weighted by molar-refractivity contribution is 0.188. The number of rotatable bonds is 5. The average molecular weight is 363 g/mol. The highest BCUT2D eigenvalue weighted by Crippen LogP contribution is 2.29. The molecule has 0 fully saturated rings. The van der Waals surface area contributed by atoms with Crippen LogP contribution in [0.4, 0.5) is 4.79 Å². The van der Waals surface area contributed by atoms with Gasteiger partial charge >= 0.3 is 6.03 Å². The summed E-state index contributed by atoms with van der Waals surface area (Å²) in [5.74, 6) is 0. The van der Waals surface area contributed by atoms with E-state index in [9.17, 15) is 4.79 Å². The topological polar surface area (TPSA) is 46.5 Å². The van der Waals surface area contributed by atoms with Crippen LogP contribution in [0.5, 0.6) is 0 Å². The van der Waals surface area contributed by atoms with Gasteiger partial charge in [0.05, 0.1) is 6.61 Å². The van der Waals surface area contributed by atoms with Crippen molar-refractivity contribution < 1.29 is 9.53 Å². The molecule has 0 saturated heterocycles. The molecule has 4 rings (SSSR count). The Bertz CT molecular complexity index is 933. The van der Waals surface area contributed by atoms with Crippen LogP contribution in [-0.2, 0) is 30.8 Å². The average Bonchev–Trinajstić information content (AvgIpc) is 2.95. The number of nitrogens with one attached hydrogen (secondary N) is 1. The molecule has 140 valence electrons. The summed E-state index contributed by atoms with van der Waals surface area (Å²) in [5, 5.41) is 4.35. The zero-order chi connectivity index (χ0) is 18.6. The van der Waals surface area contributed by atoms with Crippen LogP contribution in [0.1, 0.15) is 16.7 Å². The highest BCUT2D eigenvalue weighted by atomic mass is 16.5. The van der Waals surface area contributed by atoms with Gasteiger partial charge in [-0.1, -0.05) is 42.5 Å². The van der Waals surface area contributed by atoms with Gasteiger partial charge in [0.15, 0.2) is 0 Å². The molecule has 2 amide bonds. The fourth-order valence-electron chi connectivity index (χ4n) is 3.81. The van der Waals surface area contributed by atoms with Crippen LogP contribution in [0.15, 0.2) is 54.7 Å². The molecule has 3 aromatic rings. The number of carbonyl (C=O) groups excluding carboxylic acids is 1. The van der Waals surface area contributed by atoms with Crippen molar-refractivity contribution in [2.24, 2.45) is 0 Å². The highest BCUT2D eigenvalue weighted by molar-refractivity contribution is 5.88. The number of benzene rings is 2. The van der Waals surface area contributed by atoms with E-state index in [0.29, 0.717) is 19.7 Å². The molecular weight excluding hydrogens is 338 g/mol. The summed E-state index contributed by atoms with van der Waals surface area (Å²) in [6.45, 7) is 3.45. The molecule has 5 nitrogen and oxygen atoms in total. The summed E-state index contributed by atoms with van der Waals surface area (Å²) in [6.07, 6.45) is 3.09. The monoisotopic (exact) mass is 363 g/mol. The molecule has 0 unspecified atom stereocenters. The second-order valence-electron chi connectivity index (χ2n) is 6.97. The minimum Gasteiger partial charge on any atom is -0.383 e. The van der Waals surface area contributed by atoms with E-state index in [0.717, 1.165) is 25.1 Å². The minimum absolute atomic E-state index is 0.00623. The highest BCUT2D eigenvalue weighted by Gasteiger charge is 2.22. The maximum absolute atomic E-state index is 12.7. The van der Waals surface area contributed by atoms with Crippen LogP contribution < -0.4 is 5.32 Å². The van der Waals surface area contributed by atoms with Crippen molar-refractivity contribution in [3.8, 4) is 0 Å². The van der Waals surface area contributed by atoms with Gasteiger partial charge in [-0.15, -0.1) is 0 Å². The van der Waals surface area contributed by atoms with E-state index in [4.69, 9.17) is 4.74 Å². The van der Waals surface area contributed by atoms with Gasteiger partial charge in [0, 0.05) is 50.4 Å². The largest absolute Gasteiger partial charge is 0.383 e. The third kappa shape index (κ3) is 3.69. The molecule has 0 radical (unpaired) electrons. The predicted octanol–water partition coefficient (Wildman–Crippen LogP) is 3.56. The molecule has 1 aliphatic heterocycles. The van der Waals surface area contributed by atoms with Crippen molar-refractivity contribution in [1.29, 1.82) is 0 Å². The van der Waals surface area contributed by atoms with Crippen LogP contribution >= 0.6 is 0 Å². The van der Waals surface area contributed by atoms with E-state index in [2.05, 4.69) is 34.3 Å². The Morgan fingerprint density at radius 3 is 2.78 bits per heavy atom. The Kier molecular flexibility index (Phi) is 5.12. The summed E-state index contributed by atoms with van der Waals surface area (Å²) < 4.78 is 7.50. The Morgan fingerprint density at radius 2 is 1.96 bits per heavy atom. The molecule has 0 bridgehead atoms. The van der Waals surface area contributed by atoms with Crippen molar-refractivity contribution >= 4 is 16.9 Å². The van der Waals surface area contributed by atoms with Gasteiger partial charge < -0.3 is 19.5 Å². The summed E-state index contributed by atoms with van der Waals surface area (Å²) in [6, 6.07) is 16.4. The maximum Gasteiger partial charge on any atom is 0.317 e. The molecule has 0 atom stereocenters. The molecule has 1 aliphatic rings. The van der Waals surface area contributed by atoms with Gasteiger partial charge in [-0.25, -0.2) is 4.79 Å². The lowest BCUT2D eigenvalue weighted by Gasteiger charge is -2.22. The van der Waals surface area contributed by atoms with Crippen LogP contribution in [0.3, 0.4) is 0 Å². The second kappa shape index (κ2) is 7.84. The number of carbonyl (C=O) groups is 1. The maximum atomic E-state index is 12.7. The summed E-state index contributed by atoms with van der Waals surface area (Å²) in [4.78, 5) is 14.6. The Labute approximate surface area is 159 Å². The fourth-order valence-corrected chi connectivity index (χ4v) is 3.81. The van der Waals surface area contributed by atoms with Gasteiger partial charge in [0.25, 0.3) is 0 Å². The predicted molar refractivity (Wildman–Crippen MR) is 107 cm³/mol. The van der Waals surface area contributed by atoms with Crippen LogP contribution in [0.2, 0.25) is 0 Å². The lowest BCUT2D eigenvalue weighted by atomic mass is 10.1. The molecule has 5 heteroatoms. The molecular formula is C22H25N3O2. The number of amides is 2. The number of hydrogen-bond donors (Lipinski definition) is 1. The van der Waals surface area contributed by atoms with Crippen molar-refractivity contribution in [1.82, 2.24) is 14.8 Å². The van der Waals surface area contributed by atoms with E-state index in [1.54, 1.807) is 7.11 Å². The van der Waals surface area contributed by atoms with Crippen molar-refractivity contribution in [2.45, 2.75) is 26.1 Å². The minimum atomic E-state index is -0.00623. The molecule has 2 aromatic carbocycles. The number of aromatic nitrogens is 1. The smallest absolute Gasteiger partial charge is 0.317 e. The van der Waals surface area contributed by atoms with Gasteiger partial charge in [-0.2, -0.15) is 0 Å². The van der Waals surface area contributed by atoms with E-state index in [1.807, 2.05) is 35.2 Å². The number of hydrogen-bond acceptors (Lipinski definition) is 2. The van der Waals surface area contributed by atoms with Crippen molar-refractivity contribution in [3.63, 3.8) is 0 Å². The van der Waals surface area contributed by atoms with Crippen molar-refractivity contribution in [2.75, 3.05) is 20.3 Å². The SMILES string of the molecule is COCCn1cc2c3c(cccc31)CN(C(=O)NCc1ccccc1)CC2. The molecule has 0 spiro atoms. The van der Waals surface area contributed by atoms with E-state index < -0.39 is 0 Å². The third-order valence-corrected chi connectivity index (χ3v) is 5.19. The lowest BCUT2D eigenvalue weighted by Crippen LogP contribution is -2.39. The molecule has 0 aliphatic carbocycles. The Morgan fingerprint density at radius 1 is 1.11 bits per heavy atom. The van der Waals surface area contributed by atoms with Crippen molar-refractivity contribution in [3.05, 3.63) is 71.4 Å². The zero-order valence-electron chi connectivity index (χ0n) is 15.6. The van der Waals surface area contributed by atoms with Crippen LogP contribution in [0.25, 0.3) is 10.9 Å². The van der Waals surface area contributed by atoms with Gasteiger partial charge in [0.1, 0.15) is 0 Å².